The Bertz CT molecular complexity index is 610. The van der Waals surface area contributed by atoms with E-state index in [1.54, 1.807) is 6.07 Å². The number of para-hydroxylation sites is 1. The lowest BCUT2D eigenvalue weighted by Gasteiger charge is -1.96. The first-order valence-electron chi connectivity index (χ1n) is 5.03. The van der Waals surface area contributed by atoms with Gasteiger partial charge in [-0.15, -0.1) is 0 Å². The van der Waals surface area contributed by atoms with Crippen molar-refractivity contribution in [2.75, 3.05) is 0 Å². The molecule has 2 heterocycles. The molecule has 0 aliphatic rings. The molecule has 0 saturated carbocycles. The molecular formula is C13H9ClN2. The van der Waals surface area contributed by atoms with Crippen LogP contribution in [0.3, 0.4) is 0 Å². The van der Waals surface area contributed by atoms with Gasteiger partial charge < -0.3 is 4.98 Å². The third-order valence-electron chi connectivity index (χ3n) is 2.52. The number of benzene rings is 1. The van der Waals surface area contributed by atoms with Crippen LogP contribution in [0.4, 0.5) is 0 Å². The lowest BCUT2D eigenvalue weighted by Crippen LogP contribution is -1.82. The van der Waals surface area contributed by atoms with Crippen molar-refractivity contribution in [1.29, 1.82) is 0 Å². The molecule has 78 valence electrons. The van der Waals surface area contributed by atoms with Crippen molar-refractivity contribution >= 4 is 22.5 Å². The number of rotatable bonds is 1. The number of hydrogen-bond donors (Lipinski definition) is 1. The minimum atomic E-state index is 0.510. The number of halogens is 1. The van der Waals surface area contributed by atoms with E-state index in [1.807, 2.05) is 30.3 Å². The fourth-order valence-corrected chi connectivity index (χ4v) is 1.93. The van der Waals surface area contributed by atoms with Crippen LogP contribution in [0.1, 0.15) is 0 Å². The van der Waals surface area contributed by atoms with Crippen LogP contribution in [-0.2, 0) is 0 Å². The maximum atomic E-state index is 5.87. The molecule has 0 radical (unpaired) electrons. The minimum Gasteiger partial charge on any atom is -0.353 e. The monoisotopic (exact) mass is 228 g/mol. The van der Waals surface area contributed by atoms with Gasteiger partial charge in [0.2, 0.25) is 0 Å². The van der Waals surface area contributed by atoms with E-state index in [2.05, 4.69) is 22.1 Å². The first kappa shape index (κ1) is 9.43. The second-order valence-electron chi connectivity index (χ2n) is 3.62. The van der Waals surface area contributed by atoms with E-state index in [9.17, 15) is 0 Å². The SMILES string of the molecule is Clc1cccc(-c2cc3ccccc3[nH]2)n1. The molecule has 0 aliphatic heterocycles. The van der Waals surface area contributed by atoms with Gasteiger partial charge in [0, 0.05) is 10.9 Å². The number of aromatic nitrogens is 2. The maximum Gasteiger partial charge on any atom is 0.129 e. The Morgan fingerprint density at radius 2 is 1.88 bits per heavy atom. The Morgan fingerprint density at radius 3 is 2.69 bits per heavy atom. The molecule has 2 aromatic heterocycles. The third kappa shape index (κ3) is 1.57. The average Bonchev–Trinajstić information content (AvgIpc) is 2.72. The van der Waals surface area contributed by atoms with E-state index in [-0.39, 0.29) is 0 Å². The van der Waals surface area contributed by atoms with Gasteiger partial charge >= 0.3 is 0 Å². The van der Waals surface area contributed by atoms with E-state index in [0.717, 1.165) is 16.9 Å². The second kappa shape index (κ2) is 3.65. The van der Waals surface area contributed by atoms with Crippen LogP contribution in [0, 0.1) is 0 Å². The predicted octanol–water partition coefficient (Wildman–Crippen LogP) is 3.88. The molecule has 3 heteroatoms. The quantitative estimate of drug-likeness (QED) is 0.629. The summed E-state index contributed by atoms with van der Waals surface area (Å²) in [5, 5.41) is 1.69. The van der Waals surface area contributed by atoms with Crippen LogP contribution < -0.4 is 0 Å². The fraction of sp³-hybridized carbons (Fsp3) is 0. The summed E-state index contributed by atoms with van der Waals surface area (Å²) in [7, 11) is 0. The van der Waals surface area contributed by atoms with Gasteiger partial charge in [0.05, 0.1) is 11.4 Å². The zero-order valence-electron chi connectivity index (χ0n) is 8.44. The van der Waals surface area contributed by atoms with E-state index in [0.29, 0.717) is 5.15 Å². The van der Waals surface area contributed by atoms with Gasteiger partial charge in [-0.1, -0.05) is 35.9 Å². The zero-order chi connectivity index (χ0) is 11.0. The van der Waals surface area contributed by atoms with Gasteiger partial charge in [-0.25, -0.2) is 4.98 Å². The standard InChI is InChI=1S/C13H9ClN2/c14-13-7-3-6-11(16-13)12-8-9-4-1-2-5-10(9)15-12/h1-8,15H. The van der Waals surface area contributed by atoms with Crippen molar-refractivity contribution in [3.63, 3.8) is 0 Å². The molecule has 1 aromatic carbocycles. The van der Waals surface area contributed by atoms with Crippen LogP contribution >= 0.6 is 11.6 Å². The Balaban J connectivity index is 2.19. The van der Waals surface area contributed by atoms with Gasteiger partial charge in [0.1, 0.15) is 5.15 Å². The summed E-state index contributed by atoms with van der Waals surface area (Å²) in [4.78, 5) is 7.59. The number of nitrogens with zero attached hydrogens (tertiary/aromatic N) is 1. The summed E-state index contributed by atoms with van der Waals surface area (Å²) in [5.41, 5.74) is 2.96. The second-order valence-corrected chi connectivity index (χ2v) is 4.00. The Hall–Kier alpha value is -1.80. The smallest absolute Gasteiger partial charge is 0.129 e. The molecule has 0 fully saturated rings. The molecule has 0 amide bonds. The van der Waals surface area contributed by atoms with Crippen molar-refractivity contribution in [3.8, 4) is 11.4 Å². The molecule has 3 aromatic rings. The van der Waals surface area contributed by atoms with Crippen molar-refractivity contribution in [3.05, 3.63) is 53.7 Å². The largest absolute Gasteiger partial charge is 0.353 e. The van der Waals surface area contributed by atoms with E-state index >= 15 is 0 Å². The molecular weight excluding hydrogens is 220 g/mol. The number of H-pyrrole nitrogens is 1. The molecule has 0 aliphatic carbocycles. The van der Waals surface area contributed by atoms with E-state index in [4.69, 9.17) is 11.6 Å². The molecule has 2 nitrogen and oxygen atoms in total. The lowest BCUT2D eigenvalue weighted by molar-refractivity contribution is 1.29. The molecule has 0 saturated heterocycles. The number of hydrogen-bond acceptors (Lipinski definition) is 1. The summed E-state index contributed by atoms with van der Waals surface area (Å²) in [6.45, 7) is 0. The molecule has 0 spiro atoms. The minimum absolute atomic E-state index is 0.510. The highest BCUT2D eigenvalue weighted by Gasteiger charge is 2.03. The first-order valence-corrected chi connectivity index (χ1v) is 5.41. The van der Waals surface area contributed by atoms with Gasteiger partial charge in [-0.05, 0) is 24.3 Å². The summed E-state index contributed by atoms with van der Waals surface area (Å²) in [5.74, 6) is 0. The van der Waals surface area contributed by atoms with E-state index in [1.165, 1.54) is 5.39 Å². The van der Waals surface area contributed by atoms with Crippen LogP contribution in [0.15, 0.2) is 48.5 Å². The first-order chi connectivity index (χ1) is 7.83. The number of aromatic amines is 1. The summed E-state index contributed by atoms with van der Waals surface area (Å²) < 4.78 is 0. The normalized spacial score (nSPS) is 10.8. The zero-order valence-corrected chi connectivity index (χ0v) is 9.20. The van der Waals surface area contributed by atoms with Gasteiger partial charge in [-0.2, -0.15) is 0 Å². The van der Waals surface area contributed by atoms with Gasteiger partial charge in [0.25, 0.3) is 0 Å². The Kier molecular flexibility index (Phi) is 2.15. The van der Waals surface area contributed by atoms with Crippen molar-refractivity contribution < 1.29 is 0 Å². The number of nitrogens with one attached hydrogen (secondary N) is 1. The van der Waals surface area contributed by atoms with Crippen LogP contribution in [0.25, 0.3) is 22.3 Å². The predicted molar refractivity (Wildman–Crippen MR) is 66.5 cm³/mol. The van der Waals surface area contributed by atoms with Crippen LogP contribution in [0.2, 0.25) is 5.15 Å². The molecule has 0 bridgehead atoms. The molecule has 0 unspecified atom stereocenters. The average molecular weight is 229 g/mol. The summed E-state index contributed by atoms with van der Waals surface area (Å²) >= 11 is 5.87. The lowest BCUT2D eigenvalue weighted by atomic mass is 10.2. The van der Waals surface area contributed by atoms with Crippen LogP contribution in [-0.4, -0.2) is 9.97 Å². The molecule has 16 heavy (non-hydrogen) atoms. The molecule has 0 atom stereocenters. The summed E-state index contributed by atoms with van der Waals surface area (Å²) in [6.07, 6.45) is 0. The highest BCUT2D eigenvalue weighted by Crippen LogP contribution is 2.23. The number of fused-ring (bicyclic) bond motifs is 1. The maximum absolute atomic E-state index is 5.87. The Morgan fingerprint density at radius 1 is 1.00 bits per heavy atom. The van der Waals surface area contributed by atoms with Crippen molar-refractivity contribution in [2.24, 2.45) is 0 Å². The van der Waals surface area contributed by atoms with Gasteiger partial charge in [0.15, 0.2) is 0 Å². The summed E-state index contributed by atoms with van der Waals surface area (Å²) in [6, 6.07) is 15.8. The highest BCUT2D eigenvalue weighted by atomic mass is 35.5. The third-order valence-corrected chi connectivity index (χ3v) is 2.73. The fourth-order valence-electron chi connectivity index (χ4n) is 1.77. The molecule has 3 rings (SSSR count). The number of pyridine rings is 1. The van der Waals surface area contributed by atoms with Gasteiger partial charge in [-0.3, -0.25) is 0 Å². The van der Waals surface area contributed by atoms with Crippen LogP contribution in [0.5, 0.6) is 0 Å². The molecule has 1 N–H and O–H groups in total. The van der Waals surface area contributed by atoms with Crippen molar-refractivity contribution in [1.82, 2.24) is 9.97 Å². The van der Waals surface area contributed by atoms with Crippen molar-refractivity contribution in [2.45, 2.75) is 0 Å². The highest BCUT2D eigenvalue weighted by molar-refractivity contribution is 6.29. The topological polar surface area (TPSA) is 28.7 Å². The Labute approximate surface area is 97.9 Å². The van der Waals surface area contributed by atoms with E-state index < -0.39 is 0 Å².